The van der Waals surface area contributed by atoms with E-state index in [4.69, 9.17) is 24.4 Å². The van der Waals surface area contributed by atoms with Gasteiger partial charge in [-0.1, -0.05) is 18.2 Å². The van der Waals surface area contributed by atoms with Gasteiger partial charge in [0.15, 0.2) is 11.5 Å². The fourth-order valence-corrected chi connectivity index (χ4v) is 3.09. The third-order valence-corrected chi connectivity index (χ3v) is 4.38. The second kappa shape index (κ2) is 12.2. The second-order valence-corrected chi connectivity index (χ2v) is 6.50. The number of rotatable bonds is 12. The van der Waals surface area contributed by atoms with Gasteiger partial charge >= 0.3 is 0 Å². The zero-order valence-electron chi connectivity index (χ0n) is 16.3. The Morgan fingerprint density at radius 1 is 1.07 bits per heavy atom. The summed E-state index contributed by atoms with van der Waals surface area (Å²) in [6, 6.07) is 13.4. The van der Waals surface area contributed by atoms with Crippen molar-refractivity contribution in [2.45, 2.75) is 25.2 Å². The predicted molar refractivity (Wildman–Crippen MR) is 110 cm³/mol. The number of aliphatic imine (C=N–C) groups is 1. The first kappa shape index (κ1) is 22.0. The third kappa shape index (κ3) is 7.05. The number of para-hydroxylation sites is 2. The summed E-state index contributed by atoms with van der Waals surface area (Å²) in [6.07, 6.45) is 0.705. The van der Waals surface area contributed by atoms with Crippen molar-refractivity contribution in [3.05, 3.63) is 48.0 Å². The summed E-state index contributed by atoms with van der Waals surface area (Å²) in [5.74, 6) is 7.06. The number of benzene rings is 2. The van der Waals surface area contributed by atoms with Gasteiger partial charge in [0.05, 0.1) is 37.2 Å². The molecule has 152 valence electrons. The lowest BCUT2D eigenvalue weighted by molar-refractivity contribution is -0.195. The normalized spacial score (nSPS) is 11.4. The molecule has 0 saturated carbocycles. The average molecular weight is 407 g/mol. The quantitative estimate of drug-likeness (QED) is 0.187. The van der Waals surface area contributed by atoms with Gasteiger partial charge in [0, 0.05) is 12.1 Å². The Morgan fingerprint density at radius 2 is 1.82 bits per heavy atom. The van der Waals surface area contributed by atoms with Crippen LogP contribution in [0.15, 0.2) is 52.4 Å². The fourth-order valence-electron chi connectivity index (χ4n) is 2.54. The highest BCUT2D eigenvalue weighted by Gasteiger charge is 2.08. The monoisotopic (exact) mass is 406 g/mol. The van der Waals surface area contributed by atoms with Gasteiger partial charge in [-0.15, -0.1) is 9.32 Å². The molecule has 0 saturated heterocycles. The van der Waals surface area contributed by atoms with Crippen LogP contribution in [0.4, 0.5) is 0 Å². The van der Waals surface area contributed by atoms with E-state index in [2.05, 4.69) is 9.98 Å². The van der Waals surface area contributed by atoms with Crippen LogP contribution in [0.3, 0.4) is 0 Å². The van der Waals surface area contributed by atoms with E-state index in [1.54, 1.807) is 7.11 Å². The molecule has 0 amide bonds. The Labute approximate surface area is 169 Å². The number of methoxy groups -OCH3 is 1. The molecule has 0 aliphatic heterocycles. The summed E-state index contributed by atoms with van der Waals surface area (Å²) in [4.78, 5) is 9.51. The Kier molecular flexibility index (Phi) is 9.64. The number of nitrogens with two attached hydrogens (primary N) is 1. The molecule has 28 heavy (non-hydrogen) atoms. The molecule has 0 bridgehead atoms. The minimum Gasteiger partial charge on any atom is -0.495 e. The summed E-state index contributed by atoms with van der Waals surface area (Å²) in [5.41, 5.74) is 2.08. The molecule has 2 aromatic carbocycles. The van der Waals surface area contributed by atoms with E-state index in [1.165, 1.54) is 0 Å². The first-order valence-corrected chi connectivity index (χ1v) is 9.63. The van der Waals surface area contributed by atoms with Crippen molar-refractivity contribution in [1.82, 2.24) is 0 Å². The molecule has 0 heterocycles. The van der Waals surface area contributed by atoms with Crippen LogP contribution in [0.1, 0.15) is 19.4 Å². The summed E-state index contributed by atoms with van der Waals surface area (Å²) < 4.78 is 21.4. The maximum atomic E-state index is 5.79. The van der Waals surface area contributed by atoms with Crippen LogP contribution >= 0.6 is 12.0 Å². The lowest BCUT2D eigenvalue weighted by atomic mass is 10.1. The maximum absolute atomic E-state index is 5.79. The topological polar surface area (TPSA) is 84.5 Å². The molecule has 2 aromatic rings. The van der Waals surface area contributed by atoms with Crippen molar-refractivity contribution in [3.8, 4) is 17.2 Å². The van der Waals surface area contributed by atoms with Crippen molar-refractivity contribution in [2.24, 2.45) is 10.9 Å². The largest absolute Gasteiger partial charge is 0.495 e. The molecule has 0 fully saturated rings. The summed E-state index contributed by atoms with van der Waals surface area (Å²) in [6.45, 7) is 5.58. The summed E-state index contributed by atoms with van der Waals surface area (Å²) in [7, 11) is 1.60. The summed E-state index contributed by atoms with van der Waals surface area (Å²) in [5, 5.41) is 0. The van der Waals surface area contributed by atoms with Crippen LogP contribution in [-0.4, -0.2) is 32.6 Å². The van der Waals surface area contributed by atoms with E-state index in [0.29, 0.717) is 31.9 Å². The molecule has 8 heteroatoms. The van der Waals surface area contributed by atoms with Gasteiger partial charge in [0.25, 0.3) is 0 Å². The van der Waals surface area contributed by atoms with E-state index >= 15 is 0 Å². The molecule has 2 N–H and O–H groups in total. The lowest BCUT2D eigenvalue weighted by Crippen LogP contribution is -2.06. The molecular weight excluding hydrogens is 380 g/mol. The highest BCUT2D eigenvalue weighted by molar-refractivity contribution is 7.94. The van der Waals surface area contributed by atoms with Crippen LogP contribution in [0, 0.1) is 0 Å². The van der Waals surface area contributed by atoms with Crippen LogP contribution in [0.25, 0.3) is 0 Å². The summed E-state index contributed by atoms with van der Waals surface area (Å²) >= 11 is 0.993. The van der Waals surface area contributed by atoms with Crippen LogP contribution in [0.2, 0.25) is 0 Å². The van der Waals surface area contributed by atoms with Gasteiger partial charge in [-0.25, -0.2) is 0 Å². The Bertz CT molecular complexity index is 770. The first-order valence-electron chi connectivity index (χ1n) is 8.89. The smallest absolute Gasteiger partial charge is 0.161 e. The van der Waals surface area contributed by atoms with E-state index in [9.17, 15) is 0 Å². The molecule has 0 aliphatic rings. The molecule has 7 nitrogen and oxygen atoms in total. The maximum Gasteiger partial charge on any atom is 0.161 e. The highest BCUT2D eigenvalue weighted by atomic mass is 32.2. The van der Waals surface area contributed by atoms with Crippen LogP contribution in [0.5, 0.6) is 17.2 Å². The molecule has 0 atom stereocenters. The minimum absolute atomic E-state index is 0.479. The molecule has 0 spiro atoms. The SMILES string of the molecule is CCOc1ccccc1OCC/N=C(\C)Cc1ccc(OC)c(SOON)c1. The number of hydrogen-bond donors (Lipinski definition) is 1. The van der Waals surface area contributed by atoms with Crippen molar-refractivity contribution in [2.75, 3.05) is 26.9 Å². The second-order valence-electron chi connectivity index (χ2n) is 5.75. The first-order chi connectivity index (χ1) is 13.7. The van der Waals surface area contributed by atoms with E-state index in [1.807, 2.05) is 56.3 Å². The average Bonchev–Trinajstić information content (AvgIpc) is 2.71. The number of hydrogen-bond acceptors (Lipinski definition) is 8. The Hall–Kier alpha value is -2.26. The molecular formula is C20H26N2O5S. The zero-order chi connectivity index (χ0) is 20.2. The van der Waals surface area contributed by atoms with Crippen molar-refractivity contribution in [3.63, 3.8) is 0 Å². The van der Waals surface area contributed by atoms with Crippen molar-refractivity contribution < 1.29 is 23.5 Å². The Balaban J connectivity index is 1.89. The van der Waals surface area contributed by atoms with Crippen molar-refractivity contribution in [1.29, 1.82) is 0 Å². The fraction of sp³-hybridized carbons (Fsp3) is 0.350. The Morgan fingerprint density at radius 3 is 2.50 bits per heavy atom. The third-order valence-electron chi connectivity index (χ3n) is 3.73. The molecule has 2 rings (SSSR count). The van der Waals surface area contributed by atoms with Gasteiger partial charge in [0.2, 0.25) is 0 Å². The molecule has 0 aliphatic carbocycles. The van der Waals surface area contributed by atoms with Gasteiger partial charge in [-0.2, -0.15) is 5.90 Å². The van der Waals surface area contributed by atoms with Gasteiger partial charge < -0.3 is 14.2 Å². The van der Waals surface area contributed by atoms with Crippen LogP contribution in [-0.2, 0) is 15.7 Å². The van der Waals surface area contributed by atoms with E-state index in [0.717, 1.165) is 39.7 Å². The number of ether oxygens (including phenoxy) is 3. The molecule has 0 aromatic heterocycles. The molecule has 0 unspecified atom stereocenters. The van der Waals surface area contributed by atoms with E-state index < -0.39 is 0 Å². The highest BCUT2D eigenvalue weighted by Crippen LogP contribution is 2.31. The zero-order valence-corrected chi connectivity index (χ0v) is 17.2. The van der Waals surface area contributed by atoms with Gasteiger partial charge in [-0.3, -0.25) is 4.99 Å². The van der Waals surface area contributed by atoms with Crippen LogP contribution < -0.4 is 20.1 Å². The lowest BCUT2D eigenvalue weighted by Gasteiger charge is -2.11. The van der Waals surface area contributed by atoms with Crippen molar-refractivity contribution >= 4 is 17.8 Å². The van der Waals surface area contributed by atoms with Gasteiger partial charge in [-0.05, 0) is 43.7 Å². The predicted octanol–water partition coefficient (Wildman–Crippen LogP) is 4.01. The van der Waals surface area contributed by atoms with E-state index in [-0.39, 0.29) is 0 Å². The molecule has 0 radical (unpaired) electrons. The van der Waals surface area contributed by atoms with Gasteiger partial charge in [0.1, 0.15) is 12.4 Å². The number of nitrogens with zero attached hydrogens (tertiary/aromatic N) is 1. The standard InChI is InChI=1S/C20H26N2O5S/c1-4-24-17-7-5-6-8-18(17)25-12-11-22-15(2)13-16-9-10-19(23-3)20(14-16)28-27-26-21/h5-10,14H,4,11-13,21H2,1-3H3/b22-15+. The minimum atomic E-state index is 0.479.